The molecule has 19 heavy (non-hydrogen) atoms. The first kappa shape index (κ1) is 14.4. The molecule has 2 N–H and O–H groups in total. The van der Waals surface area contributed by atoms with Crippen molar-refractivity contribution >= 4 is 23.4 Å². The summed E-state index contributed by atoms with van der Waals surface area (Å²) < 4.78 is 0.426. The minimum atomic E-state index is 0.426. The lowest BCUT2D eigenvalue weighted by atomic mass is 9.84. The van der Waals surface area contributed by atoms with Crippen molar-refractivity contribution in [1.82, 2.24) is 9.97 Å². The molecule has 0 amide bonds. The molecule has 1 aliphatic rings. The maximum Gasteiger partial charge on any atom is 0.131 e. The molecule has 1 aliphatic carbocycles. The van der Waals surface area contributed by atoms with E-state index in [0.29, 0.717) is 4.75 Å². The predicted octanol–water partition coefficient (Wildman–Crippen LogP) is 3.30. The Bertz CT molecular complexity index is 412. The SMILES string of the molecule is CCCNc1cc(NCC2(SC)CCC2)nc(C)n1. The fourth-order valence-corrected chi connectivity index (χ4v) is 3.19. The third kappa shape index (κ3) is 3.75. The van der Waals surface area contributed by atoms with Gasteiger partial charge in [-0.15, -0.1) is 0 Å². The van der Waals surface area contributed by atoms with E-state index in [1.54, 1.807) is 0 Å². The molecular formula is C14H24N4S. The van der Waals surface area contributed by atoms with E-state index in [9.17, 15) is 0 Å². The molecular weight excluding hydrogens is 256 g/mol. The maximum atomic E-state index is 4.47. The van der Waals surface area contributed by atoms with Crippen LogP contribution in [-0.4, -0.2) is 34.1 Å². The summed E-state index contributed by atoms with van der Waals surface area (Å²) in [5, 5.41) is 6.80. The Balaban J connectivity index is 1.97. The van der Waals surface area contributed by atoms with E-state index in [1.165, 1.54) is 19.3 Å². The summed E-state index contributed by atoms with van der Waals surface area (Å²) in [5.74, 6) is 2.67. The molecule has 0 unspecified atom stereocenters. The molecule has 0 bridgehead atoms. The van der Waals surface area contributed by atoms with Crippen LogP contribution >= 0.6 is 11.8 Å². The Labute approximate surface area is 120 Å². The van der Waals surface area contributed by atoms with Crippen LogP contribution < -0.4 is 10.6 Å². The van der Waals surface area contributed by atoms with Gasteiger partial charge in [0.1, 0.15) is 17.5 Å². The van der Waals surface area contributed by atoms with E-state index in [1.807, 2.05) is 24.8 Å². The third-order valence-electron chi connectivity index (χ3n) is 3.68. The molecule has 5 heteroatoms. The van der Waals surface area contributed by atoms with Crippen molar-refractivity contribution < 1.29 is 0 Å². The van der Waals surface area contributed by atoms with Crippen molar-refractivity contribution in [2.24, 2.45) is 0 Å². The Morgan fingerprint density at radius 1 is 1.26 bits per heavy atom. The second-order valence-corrected chi connectivity index (χ2v) is 6.48. The molecule has 1 saturated carbocycles. The lowest BCUT2D eigenvalue weighted by Gasteiger charge is -2.40. The molecule has 0 radical (unpaired) electrons. The van der Waals surface area contributed by atoms with E-state index in [4.69, 9.17) is 0 Å². The average molecular weight is 280 g/mol. The van der Waals surface area contributed by atoms with Crippen LogP contribution in [0.5, 0.6) is 0 Å². The first-order valence-corrected chi connectivity index (χ1v) is 8.28. The number of rotatable bonds is 7. The lowest BCUT2D eigenvalue weighted by Crippen LogP contribution is -2.40. The molecule has 0 aromatic carbocycles. The third-order valence-corrected chi connectivity index (χ3v) is 5.10. The van der Waals surface area contributed by atoms with Gasteiger partial charge >= 0.3 is 0 Å². The number of aryl methyl sites for hydroxylation is 1. The van der Waals surface area contributed by atoms with Gasteiger partial charge in [-0.05, 0) is 32.4 Å². The summed E-state index contributed by atoms with van der Waals surface area (Å²) in [6, 6.07) is 2.01. The molecule has 0 atom stereocenters. The van der Waals surface area contributed by atoms with Gasteiger partial charge in [0, 0.05) is 23.9 Å². The summed E-state index contributed by atoms with van der Waals surface area (Å²) in [6.07, 6.45) is 7.29. The number of nitrogens with zero attached hydrogens (tertiary/aromatic N) is 2. The summed E-state index contributed by atoms with van der Waals surface area (Å²) >= 11 is 1.98. The van der Waals surface area contributed by atoms with E-state index >= 15 is 0 Å². The molecule has 1 fully saturated rings. The van der Waals surface area contributed by atoms with Crippen LogP contribution in [0.1, 0.15) is 38.4 Å². The van der Waals surface area contributed by atoms with Crippen LogP contribution in [0.3, 0.4) is 0 Å². The van der Waals surface area contributed by atoms with Crippen molar-refractivity contribution in [3.63, 3.8) is 0 Å². The van der Waals surface area contributed by atoms with Gasteiger partial charge in [0.05, 0.1) is 0 Å². The standard InChI is InChI=1S/C14H24N4S/c1-4-8-15-12-9-13(18-11(2)17-12)16-10-14(19-3)6-5-7-14/h9H,4-8,10H2,1-3H3,(H2,15,16,17,18). The molecule has 1 heterocycles. The van der Waals surface area contributed by atoms with Crippen LogP contribution in [-0.2, 0) is 0 Å². The Morgan fingerprint density at radius 2 is 1.95 bits per heavy atom. The minimum absolute atomic E-state index is 0.426. The summed E-state index contributed by atoms with van der Waals surface area (Å²) in [6.45, 7) is 6.04. The number of anilines is 2. The number of hydrogen-bond donors (Lipinski definition) is 2. The minimum Gasteiger partial charge on any atom is -0.370 e. The molecule has 2 rings (SSSR count). The van der Waals surface area contributed by atoms with Crippen molar-refractivity contribution in [2.45, 2.75) is 44.3 Å². The van der Waals surface area contributed by atoms with Crippen LogP contribution in [0, 0.1) is 6.92 Å². The molecule has 0 aliphatic heterocycles. The van der Waals surface area contributed by atoms with Gasteiger partial charge in [0.15, 0.2) is 0 Å². The topological polar surface area (TPSA) is 49.8 Å². The molecule has 1 aromatic heterocycles. The highest BCUT2D eigenvalue weighted by atomic mass is 32.2. The summed E-state index contributed by atoms with van der Waals surface area (Å²) in [5.41, 5.74) is 0. The van der Waals surface area contributed by atoms with Crippen LogP contribution in [0.25, 0.3) is 0 Å². The number of nitrogens with one attached hydrogen (secondary N) is 2. The van der Waals surface area contributed by atoms with E-state index in [-0.39, 0.29) is 0 Å². The van der Waals surface area contributed by atoms with E-state index in [0.717, 1.165) is 37.0 Å². The van der Waals surface area contributed by atoms with Crippen molar-refractivity contribution in [3.8, 4) is 0 Å². The molecule has 1 aromatic rings. The molecule has 4 nitrogen and oxygen atoms in total. The zero-order valence-electron chi connectivity index (χ0n) is 12.1. The van der Waals surface area contributed by atoms with Crippen LogP contribution in [0.4, 0.5) is 11.6 Å². The van der Waals surface area contributed by atoms with Gasteiger partial charge in [-0.3, -0.25) is 0 Å². The van der Waals surface area contributed by atoms with Gasteiger partial charge in [0.25, 0.3) is 0 Å². The van der Waals surface area contributed by atoms with E-state index in [2.05, 4.69) is 33.8 Å². The highest BCUT2D eigenvalue weighted by Gasteiger charge is 2.35. The quantitative estimate of drug-likeness (QED) is 0.802. The van der Waals surface area contributed by atoms with Crippen molar-refractivity contribution in [1.29, 1.82) is 0 Å². The fraction of sp³-hybridized carbons (Fsp3) is 0.714. The molecule has 106 valence electrons. The Hall–Kier alpha value is -0.970. The molecule has 0 saturated heterocycles. The largest absolute Gasteiger partial charge is 0.370 e. The zero-order chi connectivity index (χ0) is 13.7. The maximum absolute atomic E-state index is 4.47. The number of thioether (sulfide) groups is 1. The predicted molar refractivity (Wildman–Crippen MR) is 84.1 cm³/mol. The normalized spacial score (nSPS) is 16.8. The van der Waals surface area contributed by atoms with Gasteiger partial charge in [-0.25, -0.2) is 9.97 Å². The number of aromatic nitrogens is 2. The van der Waals surface area contributed by atoms with Crippen molar-refractivity contribution in [3.05, 3.63) is 11.9 Å². The highest BCUT2D eigenvalue weighted by molar-refractivity contribution is 8.00. The number of hydrogen-bond acceptors (Lipinski definition) is 5. The summed E-state index contributed by atoms with van der Waals surface area (Å²) in [4.78, 5) is 8.87. The van der Waals surface area contributed by atoms with Crippen LogP contribution in [0.15, 0.2) is 6.07 Å². The van der Waals surface area contributed by atoms with Crippen LogP contribution in [0.2, 0.25) is 0 Å². The van der Waals surface area contributed by atoms with Crippen molar-refractivity contribution in [2.75, 3.05) is 30.0 Å². The first-order chi connectivity index (χ1) is 9.17. The van der Waals surface area contributed by atoms with Gasteiger partial charge < -0.3 is 10.6 Å². The monoisotopic (exact) mass is 280 g/mol. The van der Waals surface area contributed by atoms with E-state index < -0.39 is 0 Å². The summed E-state index contributed by atoms with van der Waals surface area (Å²) in [7, 11) is 0. The first-order valence-electron chi connectivity index (χ1n) is 7.06. The smallest absolute Gasteiger partial charge is 0.131 e. The molecule has 0 spiro atoms. The Morgan fingerprint density at radius 3 is 2.47 bits per heavy atom. The Kier molecular flexibility index (Phi) is 4.91. The van der Waals surface area contributed by atoms with Gasteiger partial charge in [-0.1, -0.05) is 13.3 Å². The second-order valence-electron chi connectivity index (χ2n) is 5.21. The zero-order valence-corrected chi connectivity index (χ0v) is 12.9. The second kappa shape index (κ2) is 6.46. The van der Waals surface area contributed by atoms with Gasteiger partial charge in [-0.2, -0.15) is 11.8 Å². The highest BCUT2D eigenvalue weighted by Crippen LogP contribution is 2.42. The lowest BCUT2D eigenvalue weighted by molar-refractivity contribution is 0.379. The van der Waals surface area contributed by atoms with Gasteiger partial charge in [0.2, 0.25) is 0 Å². The average Bonchev–Trinajstić information content (AvgIpc) is 2.35. The fourth-order valence-electron chi connectivity index (χ4n) is 2.28.